The molecule has 14 heavy (non-hydrogen) atoms. The topological polar surface area (TPSA) is 20.2 Å². The Morgan fingerprint density at radius 3 is 2.21 bits per heavy atom. The normalized spacial score (nSPS) is 14.6. The molecule has 0 fully saturated rings. The number of rotatable bonds is 2. The molecule has 1 N–H and O–H groups in total. The van der Waals surface area contributed by atoms with Crippen LogP contribution in [0.5, 0.6) is 0 Å². The molecule has 0 heterocycles. The van der Waals surface area contributed by atoms with Crippen LogP contribution in [0.15, 0.2) is 36.4 Å². The van der Waals surface area contributed by atoms with Gasteiger partial charge in [-0.3, -0.25) is 0 Å². The molecule has 76 valence electrons. The lowest BCUT2D eigenvalue weighted by Crippen LogP contribution is -2.25. The molecule has 1 nitrogen and oxygen atoms in total. The fourth-order valence-electron chi connectivity index (χ4n) is 0.876. The van der Waals surface area contributed by atoms with Crippen molar-refractivity contribution < 1.29 is 18.3 Å². The van der Waals surface area contributed by atoms with Crippen molar-refractivity contribution in [1.29, 1.82) is 0 Å². The Hall–Kier alpha value is -1.29. The summed E-state index contributed by atoms with van der Waals surface area (Å²) in [5.74, 6) is 0. The van der Waals surface area contributed by atoms with Crippen LogP contribution < -0.4 is 0 Å². The minimum atomic E-state index is -4.59. The molecule has 0 aliphatic carbocycles. The van der Waals surface area contributed by atoms with Crippen LogP contribution in [0.2, 0.25) is 0 Å². The van der Waals surface area contributed by atoms with Crippen molar-refractivity contribution in [1.82, 2.24) is 0 Å². The van der Waals surface area contributed by atoms with Gasteiger partial charge in [0.05, 0.1) is 0 Å². The number of benzene rings is 1. The first kappa shape index (κ1) is 10.8. The molecule has 0 spiro atoms. The Kier molecular flexibility index (Phi) is 3.30. The molecule has 0 amide bonds. The quantitative estimate of drug-likeness (QED) is 0.781. The summed E-state index contributed by atoms with van der Waals surface area (Å²) in [5.41, 5.74) is 0.621. The number of halogens is 3. The fourth-order valence-corrected chi connectivity index (χ4v) is 0.876. The fraction of sp³-hybridized carbons (Fsp3) is 0.200. The van der Waals surface area contributed by atoms with Gasteiger partial charge in [0.1, 0.15) is 0 Å². The highest BCUT2D eigenvalue weighted by atomic mass is 19.4. The van der Waals surface area contributed by atoms with Crippen LogP contribution >= 0.6 is 0 Å². The molecule has 0 saturated carbocycles. The Labute approximate surface area is 79.5 Å². The van der Waals surface area contributed by atoms with Crippen LogP contribution in [0.25, 0.3) is 6.08 Å². The summed E-state index contributed by atoms with van der Waals surface area (Å²) >= 11 is 0. The van der Waals surface area contributed by atoms with Gasteiger partial charge in [0, 0.05) is 0 Å². The first-order valence-electron chi connectivity index (χ1n) is 3.98. The van der Waals surface area contributed by atoms with Gasteiger partial charge in [-0.2, -0.15) is 13.2 Å². The zero-order chi connectivity index (χ0) is 10.6. The van der Waals surface area contributed by atoms with Gasteiger partial charge in [0.25, 0.3) is 0 Å². The Morgan fingerprint density at radius 1 is 1.14 bits per heavy atom. The van der Waals surface area contributed by atoms with Crippen molar-refractivity contribution in [2.45, 2.75) is 12.3 Å². The Bertz CT molecular complexity index is 303. The molecule has 1 aromatic rings. The van der Waals surface area contributed by atoms with Gasteiger partial charge in [0.2, 0.25) is 0 Å². The number of aliphatic hydroxyl groups is 1. The second-order valence-electron chi connectivity index (χ2n) is 2.76. The Balaban J connectivity index is 2.66. The summed E-state index contributed by atoms with van der Waals surface area (Å²) < 4.78 is 35.6. The van der Waals surface area contributed by atoms with Gasteiger partial charge in [-0.05, 0) is 11.6 Å². The van der Waals surface area contributed by atoms with Gasteiger partial charge in [-0.15, -0.1) is 0 Å². The lowest BCUT2D eigenvalue weighted by molar-refractivity contribution is -0.187. The molecule has 1 rings (SSSR count). The highest BCUT2D eigenvalue weighted by Gasteiger charge is 2.35. The zero-order valence-corrected chi connectivity index (χ0v) is 7.20. The van der Waals surface area contributed by atoms with E-state index in [4.69, 9.17) is 5.11 Å². The maximum Gasteiger partial charge on any atom is 0.417 e. The average molecular weight is 202 g/mol. The first-order valence-corrected chi connectivity index (χ1v) is 3.98. The van der Waals surface area contributed by atoms with Crippen molar-refractivity contribution in [3.8, 4) is 0 Å². The van der Waals surface area contributed by atoms with Gasteiger partial charge in [0.15, 0.2) is 6.10 Å². The lowest BCUT2D eigenvalue weighted by Gasteiger charge is -2.09. The molecule has 1 aromatic carbocycles. The van der Waals surface area contributed by atoms with Crippen LogP contribution in [0.4, 0.5) is 13.2 Å². The molecule has 0 unspecified atom stereocenters. The summed E-state index contributed by atoms with van der Waals surface area (Å²) in [4.78, 5) is 0. The van der Waals surface area contributed by atoms with E-state index in [1.807, 2.05) is 0 Å². The third-order valence-electron chi connectivity index (χ3n) is 1.61. The number of aliphatic hydroxyl groups excluding tert-OH is 1. The molecular formula is C10H9F3O. The van der Waals surface area contributed by atoms with E-state index in [0.29, 0.717) is 5.56 Å². The first-order chi connectivity index (χ1) is 6.50. The average Bonchev–Trinajstić information content (AvgIpc) is 2.14. The molecular weight excluding hydrogens is 193 g/mol. The molecule has 0 aliphatic rings. The van der Waals surface area contributed by atoms with Gasteiger partial charge < -0.3 is 5.11 Å². The molecule has 0 saturated heterocycles. The predicted molar refractivity (Wildman–Crippen MR) is 47.5 cm³/mol. The van der Waals surface area contributed by atoms with E-state index in [9.17, 15) is 13.2 Å². The van der Waals surface area contributed by atoms with Gasteiger partial charge >= 0.3 is 6.18 Å². The summed E-state index contributed by atoms with van der Waals surface area (Å²) in [6, 6.07) is 8.48. The monoisotopic (exact) mass is 202 g/mol. The SMILES string of the molecule is O[C@H](/C=C/c1ccccc1)C(F)(F)F. The minimum Gasteiger partial charge on any atom is -0.380 e. The second-order valence-corrected chi connectivity index (χ2v) is 2.76. The van der Waals surface area contributed by atoms with E-state index in [1.54, 1.807) is 30.3 Å². The molecule has 0 bridgehead atoms. The van der Waals surface area contributed by atoms with E-state index in [0.717, 1.165) is 6.08 Å². The Morgan fingerprint density at radius 2 is 1.71 bits per heavy atom. The van der Waals surface area contributed by atoms with E-state index in [2.05, 4.69) is 0 Å². The van der Waals surface area contributed by atoms with Crippen molar-refractivity contribution in [2.24, 2.45) is 0 Å². The number of alkyl halides is 3. The molecule has 0 aromatic heterocycles. The molecule has 4 heteroatoms. The van der Waals surface area contributed by atoms with Crippen molar-refractivity contribution in [3.05, 3.63) is 42.0 Å². The van der Waals surface area contributed by atoms with Crippen LogP contribution in [0.3, 0.4) is 0 Å². The summed E-state index contributed by atoms with van der Waals surface area (Å²) in [7, 11) is 0. The van der Waals surface area contributed by atoms with Crippen LogP contribution in [-0.4, -0.2) is 17.4 Å². The third kappa shape index (κ3) is 3.22. The second kappa shape index (κ2) is 4.28. The summed E-state index contributed by atoms with van der Waals surface area (Å²) in [6.45, 7) is 0. The zero-order valence-electron chi connectivity index (χ0n) is 7.20. The number of hydrogen-bond acceptors (Lipinski definition) is 1. The smallest absolute Gasteiger partial charge is 0.380 e. The maximum absolute atomic E-state index is 11.9. The minimum absolute atomic E-state index is 0.621. The van der Waals surface area contributed by atoms with Crippen LogP contribution in [0, 0.1) is 0 Å². The number of hydrogen-bond donors (Lipinski definition) is 1. The largest absolute Gasteiger partial charge is 0.417 e. The van der Waals surface area contributed by atoms with Gasteiger partial charge in [-0.1, -0.05) is 36.4 Å². The maximum atomic E-state index is 11.9. The van der Waals surface area contributed by atoms with E-state index in [-0.39, 0.29) is 0 Å². The van der Waals surface area contributed by atoms with Gasteiger partial charge in [-0.25, -0.2) is 0 Å². The summed E-state index contributed by atoms with van der Waals surface area (Å²) in [6.07, 6.45) is -5.04. The predicted octanol–water partition coefficient (Wildman–Crippen LogP) is 2.62. The molecule has 1 atom stereocenters. The van der Waals surface area contributed by atoms with E-state index < -0.39 is 12.3 Å². The van der Waals surface area contributed by atoms with Crippen molar-refractivity contribution in [2.75, 3.05) is 0 Å². The lowest BCUT2D eigenvalue weighted by atomic mass is 10.2. The molecule has 0 aliphatic heterocycles. The summed E-state index contributed by atoms with van der Waals surface area (Å²) in [5, 5.41) is 8.64. The highest BCUT2D eigenvalue weighted by Crippen LogP contribution is 2.21. The van der Waals surface area contributed by atoms with Crippen LogP contribution in [0.1, 0.15) is 5.56 Å². The van der Waals surface area contributed by atoms with E-state index >= 15 is 0 Å². The third-order valence-corrected chi connectivity index (χ3v) is 1.61. The highest BCUT2D eigenvalue weighted by molar-refractivity contribution is 5.49. The van der Waals surface area contributed by atoms with Crippen LogP contribution in [-0.2, 0) is 0 Å². The van der Waals surface area contributed by atoms with Crippen molar-refractivity contribution >= 4 is 6.08 Å². The van der Waals surface area contributed by atoms with E-state index in [1.165, 1.54) is 6.08 Å². The van der Waals surface area contributed by atoms with Crippen molar-refractivity contribution in [3.63, 3.8) is 0 Å². The standard InChI is InChI=1S/C10H9F3O/c11-10(12,13)9(14)7-6-8-4-2-1-3-5-8/h1-7,9,14H/b7-6+/t9-/m1/s1. The molecule has 0 radical (unpaired) electrons.